The summed E-state index contributed by atoms with van der Waals surface area (Å²) in [7, 11) is 0. The first-order valence-corrected chi connectivity index (χ1v) is 5.74. The van der Waals surface area contributed by atoms with Crippen LogP contribution in [0.15, 0.2) is 29.2 Å². The molecule has 1 unspecified atom stereocenters. The van der Waals surface area contributed by atoms with Gasteiger partial charge in [-0.05, 0) is 25.1 Å². The standard InChI is InChI=1S/C10H12ClNS/c11-9-3-1-2-4-10(9)13-8-5-6-12-7-8/h1-4,8,12H,5-7H2. The van der Waals surface area contributed by atoms with Gasteiger partial charge >= 0.3 is 0 Å². The van der Waals surface area contributed by atoms with Crippen LogP contribution in [-0.2, 0) is 0 Å². The van der Waals surface area contributed by atoms with Crippen molar-refractivity contribution in [3.8, 4) is 0 Å². The fourth-order valence-corrected chi connectivity index (χ4v) is 2.85. The van der Waals surface area contributed by atoms with E-state index in [4.69, 9.17) is 11.6 Å². The van der Waals surface area contributed by atoms with Gasteiger partial charge in [0.05, 0.1) is 5.02 Å². The third-order valence-electron chi connectivity index (χ3n) is 2.15. The third kappa shape index (κ3) is 2.39. The minimum absolute atomic E-state index is 0.694. The number of halogens is 1. The summed E-state index contributed by atoms with van der Waals surface area (Å²) < 4.78 is 0. The lowest BCUT2D eigenvalue weighted by Gasteiger charge is -2.08. The summed E-state index contributed by atoms with van der Waals surface area (Å²) in [5.74, 6) is 0. The molecule has 0 radical (unpaired) electrons. The molecule has 1 aromatic carbocycles. The molecule has 1 N–H and O–H groups in total. The molecule has 3 heteroatoms. The molecule has 1 atom stereocenters. The Labute approximate surface area is 87.9 Å². The van der Waals surface area contributed by atoms with Crippen LogP contribution in [0.5, 0.6) is 0 Å². The monoisotopic (exact) mass is 213 g/mol. The fourth-order valence-electron chi connectivity index (χ4n) is 1.45. The van der Waals surface area contributed by atoms with Crippen LogP contribution in [0.2, 0.25) is 5.02 Å². The zero-order valence-electron chi connectivity index (χ0n) is 7.29. The molecule has 2 rings (SSSR count). The summed E-state index contributed by atoms with van der Waals surface area (Å²) >= 11 is 7.94. The molecule has 13 heavy (non-hydrogen) atoms. The van der Waals surface area contributed by atoms with E-state index in [2.05, 4.69) is 11.4 Å². The van der Waals surface area contributed by atoms with Crippen molar-refractivity contribution < 1.29 is 0 Å². The zero-order chi connectivity index (χ0) is 9.10. The summed E-state index contributed by atoms with van der Waals surface area (Å²) in [5, 5.41) is 4.92. The highest BCUT2D eigenvalue weighted by atomic mass is 35.5. The average Bonchev–Trinajstić information content (AvgIpc) is 2.61. The van der Waals surface area contributed by atoms with Crippen LogP contribution in [0.25, 0.3) is 0 Å². The Hall–Kier alpha value is -0.180. The predicted molar refractivity (Wildman–Crippen MR) is 58.6 cm³/mol. The van der Waals surface area contributed by atoms with E-state index in [1.54, 1.807) is 0 Å². The summed E-state index contributed by atoms with van der Waals surface area (Å²) in [6.45, 7) is 2.25. The van der Waals surface area contributed by atoms with Gasteiger partial charge in [-0.2, -0.15) is 0 Å². The molecular formula is C10H12ClNS. The zero-order valence-corrected chi connectivity index (χ0v) is 8.87. The molecule has 0 amide bonds. The highest BCUT2D eigenvalue weighted by Gasteiger charge is 2.16. The third-order valence-corrected chi connectivity index (χ3v) is 3.93. The smallest absolute Gasteiger partial charge is 0.0541 e. The van der Waals surface area contributed by atoms with Crippen molar-refractivity contribution in [1.82, 2.24) is 5.32 Å². The second kappa shape index (κ2) is 4.36. The number of rotatable bonds is 2. The van der Waals surface area contributed by atoms with Crippen molar-refractivity contribution >= 4 is 23.4 Å². The van der Waals surface area contributed by atoms with Crippen molar-refractivity contribution in [3.63, 3.8) is 0 Å². The molecule has 70 valence electrons. The summed E-state index contributed by atoms with van der Waals surface area (Å²) in [5.41, 5.74) is 0. The summed E-state index contributed by atoms with van der Waals surface area (Å²) in [6, 6.07) is 8.05. The van der Waals surface area contributed by atoms with Gasteiger partial charge < -0.3 is 5.32 Å². The maximum absolute atomic E-state index is 6.06. The quantitative estimate of drug-likeness (QED) is 0.811. The summed E-state index contributed by atoms with van der Waals surface area (Å²) in [6.07, 6.45) is 1.25. The molecule has 1 aliphatic heterocycles. The molecule has 1 fully saturated rings. The van der Waals surface area contributed by atoms with Crippen LogP contribution < -0.4 is 5.32 Å². The lowest BCUT2D eigenvalue weighted by Crippen LogP contribution is -2.09. The molecule has 1 aromatic rings. The molecule has 0 aliphatic carbocycles. The molecule has 1 heterocycles. The number of hydrogen-bond donors (Lipinski definition) is 1. The Morgan fingerprint density at radius 3 is 2.92 bits per heavy atom. The normalized spacial score (nSPS) is 22.1. The maximum Gasteiger partial charge on any atom is 0.0541 e. The lowest BCUT2D eigenvalue weighted by atomic mass is 10.4. The molecule has 1 saturated heterocycles. The number of thioether (sulfide) groups is 1. The summed E-state index contributed by atoms with van der Waals surface area (Å²) in [4.78, 5) is 1.21. The maximum atomic E-state index is 6.06. The molecule has 1 nitrogen and oxygen atoms in total. The highest BCUT2D eigenvalue weighted by Crippen LogP contribution is 2.32. The predicted octanol–water partition coefficient (Wildman–Crippen LogP) is 2.79. The van der Waals surface area contributed by atoms with Gasteiger partial charge in [0.25, 0.3) is 0 Å². The van der Waals surface area contributed by atoms with Crippen molar-refractivity contribution in [2.45, 2.75) is 16.6 Å². The van der Waals surface area contributed by atoms with E-state index < -0.39 is 0 Å². The van der Waals surface area contributed by atoms with Crippen molar-refractivity contribution in [2.24, 2.45) is 0 Å². The van der Waals surface area contributed by atoms with E-state index in [9.17, 15) is 0 Å². The highest BCUT2D eigenvalue weighted by molar-refractivity contribution is 8.00. The Kier molecular flexibility index (Phi) is 3.14. The van der Waals surface area contributed by atoms with Gasteiger partial charge in [-0.15, -0.1) is 11.8 Å². The minimum Gasteiger partial charge on any atom is -0.316 e. The van der Waals surface area contributed by atoms with Crippen LogP contribution in [0.4, 0.5) is 0 Å². The Balaban J connectivity index is 2.04. The molecular weight excluding hydrogens is 202 g/mol. The van der Waals surface area contributed by atoms with E-state index in [0.717, 1.165) is 18.1 Å². The van der Waals surface area contributed by atoms with Gasteiger partial charge in [0.2, 0.25) is 0 Å². The Morgan fingerprint density at radius 2 is 2.23 bits per heavy atom. The lowest BCUT2D eigenvalue weighted by molar-refractivity contribution is 0.858. The average molecular weight is 214 g/mol. The van der Waals surface area contributed by atoms with E-state index >= 15 is 0 Å². The van der Waals surface area contributed by atoms with Crippen LogP contribution in [0, 0.1) is 0 Å². The number of nitrogens with one attached hydrogen (secondary N) is 1. The van der Waals surface area contributed by atoms with Crippen molar-refractivity contribution in [1.29, 1.82) is 0 Å². The molecule has 1 aliphatic rings. The van der Waals surface area contributed by atoms with E-state index in [1.807, 2.05) is 30.0 Å². The number of hydrogen-bond acceptors (Lipinski definition) is 2. The Morgan fingerprint density at radius 1 is 1.38 bits per heavy atom. The van der Waals surface area contributed by atoms with Gasteiger partial charge in [-0.25, -0.2) is 0 Å². The first-order valence-electron chi connectivity index (χ1n) is 4.48. The first-order chi connectivity index (χ1) is 6.36. The SMILES string of the molecule is Clc1ccccc1SC1CCNC1. The fraction of sp³-hybridized carbons (Fsp3) is 0.400. The van der Waals surface area contributed by atoms with Crippen LogP contribution in [-0.4, -0.2) is 18.3 Å². The van der Waals surface area contributed by atoms with Gasteiger partial charge in [0.15, 0.2) is 0 Å². The molecule has 0 aromatic heterocycles. The van der Waals surface area contributed by atoms with Crippen molar-refractivity contribution in [2.75, 3.05) is 13.1 Å². The van der Waals surface area contributed by atoms with Crippen molar-refractivity contribution in [3.05, 3.63) is 29.3 Å². The minimum atomic E-state index is 0.694. The largest absolute Gasteiger partial charge is 0.316 e. The molecule has 0 saturated carbocycles. The van der Waals surface area contributed by atoms with Gasteiger partial charge in [-0.1, -0.05) is 23.7 Å². The number of benzene rings is 1. The second-order valence-corrected chi connectivity index (χ2v) is 4.91. The molecule has 0 bridgehead atoms. The van der Waals surface area contributed by atoms with E-state index in [0.29, 0.717) is 5.25 Å². The first kappa shape index (κ1) is 9.38. The topological polar surface area (TPSA) is 12.0 Å². The van der Waals surface area contributed by atoms with Crippen LogP contribution in [0.3, 0.4) is 0 Å². The Bertz CT molecular complexity index is 284. The van der Waals surface area contributed by atoms with Crippen LogP contribution in [0.1, 0.15) is 6.42 Å². The van der Waals surface area contributed by atoms with E-state index in [-0.39, 0.29) is 0 Å². The van der Waals surface area contributed by atoms with Gasteiger partial charge in [-0.3, -0.25) is 0 Å². The van der Waals surface area contributed by atoms with Crippen LogP contribution >= 0.6 is 23.4 Å². The second-order valence-electron chi connectivity index (χ2n) is 3.16. The van der Waals surface area contributed by atoms with E-state index in [1.165, 1.54) is 11.3 Å². The molecule has 0 spiro atoms. The van der Waals surface area contributed by atoms with Gasteiger partial charge in [0, 0.05) is 16.7 Å². The van der Waals surface area contributed by atoms with Gasteiger partial charge in [0.1, 0.15) is 0 Å².